The van der Waals surface area contributed by atoms with Crippen LogP contribution < -0.4 is 15.4 Å². The number of carbonyl (C=O) groups is 1. The van der Waals surface area contributed by atoms with Crippen LogP contribution in [-0.2, 0) is 4.79 Å². The summed E-state index contributed by atoms with van der Waals surface area (Å²) in [6.45, 7) is 7.87. The van der Waals surface area contributed by atoms with Gasteiger partial charge in [0.2, 0.25) is 0 Å². The number of amides is 1. The van der Waals surface area contributed by atoms with Crippen LogP contribution >= 0.6 is 0 Å². The van der Waals surface area contributed by atoms with Crippen LogP contribution in [0.2, 0.25) is 0 Å². The van der Waals surface area contributed by atoms with Crippen LogP contribution in [0, 0.1) is 0 Å². The fraction of sp³-hybridized carbons (Fsp3) is 0.381. The molecule has 0 spiro atoms. The molecule has 27 heavy (non-hydrogen) atoms. The van der Waals surface area contributed by atoms with Gasteiger partial charge in [-0.25, -0.2) is 4.39 Å². The van der Waals surface area contributed by atoms with Crippen LogP contribution in [0.1, 0.15) is 20.3 Å². The number of allylic oxidation sites excluding steroid dienone is 3. The Morgan fingerprint density at radius 2 is 2.04 bits per heavy atom. The molecule has 1 amide bonds. The van der Waals surface area contributed by atoms with E-state index in [4.69, 9.17) is 4.74 Å². The molecule has 1 aliphatic heterocycles. The number of ether oxygens (including phenoxy) is 1. The van der Waals surface area contributed by atoms with E-state index in [1.807, 2.05) is 24.3 Å². The Morgan fingerprint density at radius 1 is 1.30 bits per heavy atom. The number of anilines is 1. The highest BCUT2D eigenvalue weighted by atomic mass is 19.1. The molecule has 0 saturated carbocycles. The molecule has 1 aromatic carbocycles. The summed E-state index contributed by atoms with van der Waals surface area (Å²) in [7, 11) is 0. The molecule has 144 valence electrons. The highest BCUT2D eigenvalue weighted by Gasteiger charge is 2.30. The Labute approximate surface area is 159 Å². The number of fused-ring (bicyclic) bond motifs is 1. The van der Waals surface area contributed by atoms with Crippen molar-refractivity contribution >= 4 is 11.6 Å². The van der Waals surface area contributed by atoms with E-state index in [2.05, 4.69) is 29.4 Å². The third-order valence-corrected chi connectivity index (χ3v) is 4.78. The van der Waals surface area contributed by atoms with Crippen LogP contribution in [-0.4, -0.2) is 43.2 Å². The molecule has 6 heteroatoms. The predicted octanol–water partition coefficient (Wildman–Crippen LogP) is 3.38. The lowest BCUT2D eigenvalue weighted by Gasteiger charge is -2.18. The first-order valence-electron chi connectivity index (χ1n) is 9.40. The molecular weight excluding hydrogens is 345 g/mol. The highest BCUT2D eigenvalue weighted by Crippen LogP contribution is 2.30. The zero-order valence-corrected chi connectivity index (χ0v) is 15.8. The quantitative estimate of drug-likeness (QED) is 0.688. The summed E-state index contributed by atoms with van der Waals surface area (Å²) in [5, 5.41) is 5.84. The molecule has 1 saturated heterocycles. The molecule has 1 unspecified atom stereocenters. The second-order valence-electron chi connectivity index (χ2n) is 6.51. The van der Waals surface area contributed by atoms with Crippen molar-refractivity contribution in [3.05, 3.63) is 59.5 Å². The number of hydrogen-bond donors (Lipinski definition) is 2. The van der Waals surface area contributed by atoms with Crippen molar-refractivity contribution in [1.29, 1.82) is 0 Å². The number of alkyl halides is 1. The van der Waals surface area contributed by atoms with Crippen molar-refractivity contribution < 1.29 is 13.9 Å². The maximum atomic E-state index is 13.4. The first-order valence-corrected chi connectivity index (χ1v) is 9.40. The Morgan fingerprint density at radius 3 is 2.74 bits per heavy atom. The Bertz CT molecular complexity index is 764. The van der Waals surface area contributed by atoms with E-state index < -0.39 is 6.17 Å². The van der Waals surface area contributed by atoms with E-state index in [0.29, 0.717) is 24.3 Å². The zero-order chi connectivity index (χ0) is 19.2. The van der Waals surface area contributed by atoms with E-state index in [-0.39, 0.29) is 5.91 Å². The van der Waals surface area contributed by atoms with Crippen LogP contribution in [0.15, 0.2) is 59.5 Å². The maximum absolute atomic E-state index is 13.4. The third kappa shape index (κ3) is 4.77. The molecule has 0 bridgehead atoms. The second kappa shape index (κ2) is 8.86. The maximum Gasteiger partial charge on any atom is 0.257 e. The minimum absolute atomic E-state index is 0.217. The van der Waals surface area contributed by atoms with E-state index >= 15 is 0 Å². The lowest BCUT2D eigenvalue weighted by atomic mass is 9.99. The molecule has 5 nitrogen and oxygen atoms in total. The summed E-state index contributed by atoms with van der Waals surface area (Å²) in [5.41, 5.74) is 2.69. The van der Waals surface area contributed by atoms with Gasteiger partial charge in [0.1, 0.15) is 18.5 Å². The summed E-state index contributed by atoms with van der Waals surface area (Å²) < 4.78 is 19.2. The number of likely N-dealkylation sites (N-methyl/N-ethyl adjacent to an activating group) is 1. The molecule has 1 heterocycles. The van der Waals surface area contributed by atoms with Gasteiger partial charge >= 0.3 is 0 Å². The second-order valence-corrected chi connectivity index (χ2v) is 6.51. The summed E-state index contributed by atoms with van der Waals surface area (Å²) in [6, 6.07) is 7.61. The van der Waals surface area contributed by atoms with Gasteiger partial charge in [-0.1, -0.05) is 19.9 Å². The van der Waals surface area contributed by atoms with Gasteiger partial charge in [0.05, 0.1) is 5.57 Å². The van der Waals surface area contributed by atoms with Gasteiger partial charge in [-0.2, -0.15) is 0 Å². The lowest BCUT2D eigenvalue weighted by Crippen LogP contribution is -2.27. The standard InChI is InChI=1S/C21H26FN3O2/c1-3-25(4-2)11-12-27-17-8-6-16(7-9-17)23-14-19-18-10-5-15(22)13-20(18)24-21(19)26/h6-10,13-15,23H,3-5,11-12H2,1-2H3,(H,24,26). The summed E-state index contributed by atoms with van der Waals surface area (Å²) in [5.74, 6) is 0.596. The van der Waals surface area contributed by atoms with Crippen molar-refractivity contribution in [2.24, 2.45) is 0 Å². The number of carbonyl (C=O) groups excluding carboxylic acids is 1. The number of benzene rings is 1. The van der Waals surface area contributed by atoms with Crippen molar-refractivity contribution in [3.63, 3.8) is 0 Å². The van der Waals surface area contributed by atoms with E-state index in [1.165, 1.54) is 6.08 Å². The molecule has 1 aliphatic carbocycles. The van der Waals surface area contributed by atoms with E-state index in [0.717, 1.165) is 36.6 Å². The summed E-state index contributed by atoms with van der Waals surface area (Å²) in [4.78, 5) is 14.4. The van der Waals surface area contributed by atoms with Crippen molar-refractivity contribution in [2.45, 2.75) is 26.4 Å². The molecule has 2 aliphatic rings. The molecule has 3 rings (SSSR count). The number of halogens is 1. The fourth-order valence-corrected chi connectivity index (χ4v) is 3.13. The monoisotopic (exact) mass is 371 g/mol. The number of rotatable bonds is 8. The van der Waals surface area contributed by atoms with Crippen LogP contribution in [0.3, 0.4) is 0 Å². The Balaban J connectivity index is 1.56. The van der Waals surface area contributed by atoms with E-state index in [9.17, 15) is 9.18 Å². The van der Waals surface area contributed by atoms with Gasteiger partial charge in [-0.05, 0) is 43.4 Å². The topological polar surface area (TPSA) is 53.6 Å². The fourth-order valence-electron chi connectivity index (χ4n) is 3.13. The van der Waals surface area contributed by atoms with Crippen molar-refractivity contribution in [2.75, 3.05) is 31.6 Å². The van der Waals surface area contributed by atoms with Crippen molar-refractivity contribution in [1.82, 2.24) is 10.2 Å². The van der Waals surface area contributed by atoms with Crippen LogP contribution in [0.5, 0.6) is 5.75 Å². The minimum Gasteiger partial charge on any atom is -0.492 e. The normalized spacial score (nSPS) is 20.2. The minimum atomic E-state index is -1.04. The first kappa shape index (κ1) is 19.2. The van der Waals surface area contributed by atoms with Crippen LogP contribution in [0.4, 0.5) is 10.1 Å². The molecular formula is C21H26FN3O2. The first-order chi connectivity index (χ1) is 13.1. The average molecular weight is 371 g/mol. The number of hydrogen-bond acceptors (Lipinski definition) is 4. The molecule has 2 N–H and O–H groups in total. The van der Waals surface area contributed by atoms with Crippen LogP contribution in [0.25, 0.3) is 0 Å². The summed E-state index contributed by atoms with van der Waals surface area (Å²) >= 11 is 0. The summed E-state index contributed by atoms with van der Waals surface area (Å²) in [6.07, 6.45) is 4.14. The van der Waals surface area contributed by atoms with Gasteiger partial charge in [0.15, 0.2) is 0 Å². The molecule has 0 aromatic heterocycles. The zero-order valence-electron chi connectivity index (χ0n) is 15.8. The average Bonchev–Trinajstić information content (AvgIpc) is 2.98. The lowest BCUT2D eigenvalue weighted by molar-refractivity contribution is -0.115. The highest BCUT2D eigenvalue weighted by molar-refractivity contribution is 6.05. The molecule has 1 aromatic rings. The predicted molar refractivity (Wildman–Crippen MR) is 105 cm³/mol. The van der Waals surface area contributed by atoms with Gasteiger partial charge in [0, 0.05) is 36.1 Å². The Hall–Kier alpha value is -2.60. The van der Waals surface area contributed by atoms with Gasteiger partial charge in [-0.3, -0.25) is 4.79 Å². The molecule has 1 atom stereocenters. The molecule has 0 radical (unpaired) electrons. The molecule has 1 fully saturated rings. The van der Waals surface area contributed by atoms with Gasteiger partial charge in [-0.15, -0.1) is 0 Å². The van der Waals surface area contributed by atoms with E-state index in [1.54, 1.807) is 12.3 Å². The van der Waals surface area contributed by atoms with Gasteiger partial charge in [0.25, 0.3) is 5.91 Å². The number of nitrogens with zero attached hydrogens (tertiary/aromatic N) is 1. The smallest absolute Gasteiger partial charge is 0.257 e. The van der Waals surface area contributed by atoms with Crippen molar-refractivity contribution in [3.8, 4) is 5.75 Å². The Kier molecular flexibility index (Phi) is 6.29. The largest absolute Gasteiger partial charge is 0.492 e. The van der Waals surface area contributed by atoms with Gasteiger partial charge < -0.3 is 20.3 Å². The number of nitrogens with one attached hydrogen (secondary N) is 2. The third-order valence-electron chi connectivity index (χ3n) is 4.78. The SMILES string of the molecule is CCN(CC)CCOc1ccc(NC=C2C(=O)NC3=CC(F)CC=C32)cc1.